The number of carbonyl (C=O) groups excluding carboxylic acids is 1. The van der Waals surface area contributed by atoms with E-state index in [9.17, 15) is 4.79 Å². The minimum Gasteiger partial charge on any atom is -0.369 e. The van der Waals surface area contributed by atoms with Gasteiger partial charge in [0.2, 0.25) is 5.91 Å². The lowest BCUT2D eigenvalue weighted by Crippen LogP contribution is -2.48. The first-order valence-electron chi connectivity index (χ1n) is 6.09. The van der Waals surface area contributed by atoms with Crippen molar-refractivity contribution >= 4 is 5.91 Å². The molecule has 0 aromatic carbocycles. The van der Waals surface area contributed by atoms with Gasteiger partial charge in [-0.15, -0.1) is 0 Å². The molecule has 0 spiro atoms. The van der Waals surface area contributed by atoms with E-state index in [0.29, 0.717) is 19.0 Å². The average molecular weight is 238 g/mol. The van der Waals surface area contributed by atoms with Gasteiger partial charge in [-0.25, -0.2) is 0 Å². The molecule has 3 atom stereocenters. The van der Waals surface area contributed by atoms with E-state index in [4.69, 9.17) is 16.7 Å². The first-order chi connectivity index (χ1) is 7.85. The highest BCUT2D eigenvalue weighted by atomic mass is 16.1. The van der Waals surface area contributed by atoms with Crippen molar-refractivity contribution in [2.45, 2.75) is 44.7 Å². The maximum absolute atomic E-state index is 11.2. The number of primary amides is 1. The molecule has 0 aromatic heterocycles. The molecule has 1 aliphatic rings. The summed E-state index contributed by atoms with van der Waals surface area (Å²) in [5.74, 6) is -0.282. The molecule has 3 unspecified atom stereocenters. The van der Waals surface area contributed by atoms with Crippen molar-refractivity contribution in [3.8, 4) is 6.07 Å². The van der Waals surface area contributed by atoms with Crippen molar-refractivity contribution in [3.05, 3.63) is 0 Å². The molecular weight excluding hydrogens is 216 g/mol. The quantitative estimate of drug-likeness (QED) is 0.731. The van der Waals surface area contributed by atoms with E-state index in [-0.39, 0.29) is 11.8 Å². The van der Waals surface area contributed by atoms with Gasteiger partial charge in [-0.3, -0.25) is 9.69 Å². The summed E-state index contributed by atoms with van der Waals surface area (Å²) in [5.41, 5.74) is 10.3. The number of nitriles is 1. The topological polar surface area (TPSA) is 96.1 Å². The number of piperidine rings is 1. The zero-order chi connectivity index (χ0) is 13.1. The van der Waals surface area contributed by atoms with E-state index in [1.165, 1.54) is 0 Å². The van der Waals surface area contributed by atoms with Gasteiger partial charge in [0.05, 0.1) is 12.0 Å². The van der Waals surface area contributed by atoms with Crippen LogP contribution in [-0.4, -0.2) is 35.5 Å². The van der Waals surface area contributed by atoms with E-state index in [1.807, 2.05) is 0 Å². The Morgan fingerprint density at radius 2 is 2.24 bits per heavy atom. The molecule has 1 heterocycles. The third-order valence-electron chi connectivity index (χ3n) is 3.59. The van der Waals surface area contributed by atoms with Gasteiger partial charge in [-0.05, 0) is 33.1 Å². The molecule has 1 rings (SSSR count). The summed E-state index contributed by atoms with van der Waals surface area (Å²) in [4.78, 5) is 13.4. The van der Waals surface area contributed by atoms with Gasteiger partial charge in [0, 0.05) is 19.1 Å². The van der Waals surface area contributed by atoms with Crippen LogP contribution in [0.4, 0.5) is 0 Å². The molecule has 1 aliphatic heterocycles. The smallest absolute Gasteiger partial charge is 0.221 e. The minimum atomic E-state index is -0.792. The second-order valence-corrected chi connectivity index (χ2v) is 5.30. The number of amides is 1. The van der Waals surface area contributed by atoms with Gasteiger partial charge in [-0.2, -0.15) is 5.26 Å². The second-order valence-electron chi connectivity index (χ2n) is 5.30. The number of likely N-dealkylation sites (tertiary alicyclic amines) is 1. The Bertz CT molecular complexity index is 321. The van der Waals surface area contributed by atoms with Crippen LogP contribution < -0.4 is 11.5 Å². The SMILES string of the molecule is CC1CCC(C(N)=O)CN1CCC(C)(N)C#N. The summed E-state index contributed by atoms with van der Waals surface area (Å²) >= 11 is 0. The van der Waals surface area contributed by atoms with Crippen LogP contribution in [0.1, 0.15) is 33.1 Å². The summed E-state index contributed by atoms with van der Waals surface area (Å²) in [5, 5.41) is 8.86. The molecule has 1 saturated heterocycles. The summed E-state index contributed by atoms with van der Waals surface area (Å²) in [6, 6.07) is 2.52. The minimum absolute atomic E-state index is 0.0580. The highest BCUT2D eigenvalue weighted by molar-refractivity contribution is 5.76. The van der Waals surface area contributed by atoms with Crippen LogP contribution in [0.15, 0.2) is 0 Å². The fourth-order valence-corrected chi connectivity index (χ4v) is 2.15. The molecule has 0 radical (unpaired) electrons. The highest BCUT2D eigenvalue weighted by Crippen LogP contribution is 2.22. The Balaban J connectivity index is 2.51. The Morgan fingerprint density at radius 1 is 1.59 bits per heavy atom. The van der Waals surface area contributed by atoms with Crippen molar-refractivity contribution in [2.24, 2.45) is 17.4 Å². The Hall–Kier alpha value is -1.12. The lowest BCUT2D eigenvalue weighted by molar-refractivity contribution is -0.123. The fourth-order valence-electron chi connectivity index (χ4n) is 2.15. The second kappa shape index (κ2) is 5.48. The molecule has 96 valence electrons. The van der Waals surface area contributed by atoms with Gasteiger partial charge >= 0.3 is 0 Å². The van der Waals surface area contributed by atoms with Crippen LogP contribution in [0.25, 0.3) is 0 Å². The van der Waals surface area contributed by atoms with Gasteiger partial charge in [0.25, 0.3) is 0 Å². The van der Waals surface area contributed by atoms with E-state index in [2.05, 4.69) is 17.9 Å². The van der Waals surface area contributed by atoms with E-state index < -0.39 is 5.54 Å². The summed E-state index contributed by atoms with van der Waals surface area (Å²) in [7, 11) is 0. The molecule has 1 fully saturated rings. The van der Waals surface area contributed by atoms with Gasteiger partial charge in [0.15, 0.2) is 0 Å². The summed E-state index contributed by atoms with van der Waals surface area (Å²) in [6.45, 7) is 5.30. The van der Waals surface area contributed by atoms with Gasteiger partial charge in [-0.1, -0.05) is 0 Å². The number of nitrogens with two attached hydrogens (primary N) is 2. The van der Waals surface area contributed by atoms with E-state index >= 15 is 0 Å². The lowest BCUT2D eigenvalue weighted by Gasteiger charge is -2.37. The normalized spacial score (nSPS) is 29.3. The monoisotopic (exact) mass is 238 g/mol. The van der Waals surface area contributed by atoms with Crippen LogP contribution in [0, 0.1) is 17.2 Å². The zero-order valence-electron chi connectivity index (χ0n) is 10.6. The first-order valence-corrected chi connectivity index (χ1v) is 6.09. The van der Waals surface area contributed by atoms with Crippen LogP contribution >= 0.6 is 0 Å². The molecule has 0 saturated carbocycles. The van der Waals surface area contributed by atoms with Crippen molar-refractivity contribution < 1.29 is 4.79 Å². The third-order valence-corrected chi connectivity index (χ3v) is 3.59. The molecule has 5 nitrogen and oxygen atoms in total. The predicted octanol–water partition coefficient (Wildman–Crippen LogP) is 0.203. The molecule has 1 amide bonds. The number of nitrogens with zero attached hydrogens (tertiary/aromatic N) is 2. The molecule has 0 bridgehead atoms. The Morgan fingerprint density at radius 3 is 2.76 bits per heavy atom. The number of carbonyl (C=O) groups is 1. The van der Waals surface area contributed by atoms with E-state index in [0.717, 1.165) is 19.4 Å². The molecule has 0 aromatic rings. The number of hydrogen-bond donors (Lipinski definition) is 2. The average Bonchev–Trinajstić information content (AvgIpc) is 2.27. The van der Waals surface area contributed by atoms with Crippen LogP contribution in [0.2, 0.25) is 0 Å². The lowest BCUT2D eigenvalue weighted by atomic mass is 9.91. The molecule has 4 N–H and O–H groups in total. The standard InChI is InChI=1S/C12H22N4O/c1-9-3-4-10(11(14)17)7-16(9)6-5-12(2,15)8-13/h9-10H,3-7,15H2,1-2H3,(H2,14,17). The van der Waals surface area contributed by atoms with Crippen molar-refractivity contribution in [1.82, 2.24) is 4.90 Å². The number of rotatable bonds is 4. The third kappa shape index (κ3) is 3.99. The number of hydrogen-bond acceptors (Lipinski definition) is 4. The van der Waals surface area contributed by atoms with Crippen LogP contribution in [-0.2, 0) is 4.79 Å². The predicted molar refractivity (Wildman–Crippen MR) is 65.8 cm³/mol. The maximum atomic E-state index is 11.2. The van der Waals surface area contributed by atoms with Crippen LogP contribution in [0.3, 0.4) is 0 Å². The van der Waals surface area contributed by atoms with Crippen molar-refractivity contribution in [1.29, 1.82) is 5.26 Å². The van der Waals surface area contributed by atoms with Gasteiger partial charge < -0.3 is 11.5 Å². The fraction of sp³-hybridized carbons (Fsp3) is 0.833. The first kappa shape index (κ1) is 13.9. The van der Waals surface area contributed by atoms with E-state index in [1.54, 1.807) is 6.92 Å². The zero-order valence-corrected chi connectivity index (χ0v) is 10.6. The molecule has 5 heteroatoms. The van der Waals surface area contributed by atoms with Crippen LogP contribution in [0.5, 0.6) is 0 Å². The van der Waals surface area contributed by atoms with Crippen molar-refractivity contribution in [2.75, 3.05) is 13.1 Å². The molecule has 0 aliphatic carbocycles. The summed E-state index contributed by atoms with van der Waals surface area (Å²) in [6.07, 6.45) is 2.45. The van der Waals surface area contributed by atoms with Gasteiger partial charge in [0.1, 0.15) is 5.54 Å². The molecule has 17 heavy (non-hydrogen) atoms. The largest absolute Gasteiger partial charge is 0.369 e. The highest BCUT2D eigenvalue weighted by Gasteiger charge is 2.29. The maximum Gasteiger partial charge on any atom is 0.221 e. The summed E-state index contributed by atoms with van der Waals surface area (Å²) < 4.78 is 0. The Labute approximate surface area is 103 Å². The van der Waals surface area contributed by atoms with Crippen molar-refractivity contribution in [3.63, 3.8) is 0 Å². The molecular formula is C12H22N4O. The Kier molecular flexibility index (Phi) is 4.49.